The summed E-state index contributed by atoms with van der Waals surface area (Å²) in [6.07, 6.45) is 0.545. The summed E-state index contributed by atoms with van der Waals surface area (Å²) in [4.78, 5) is 12.9. The number of fused-ring (bicyclic) bond motifs is 1. The van der Waals surface area contributed by atoms with E-state index in [4.69, 9.17) is 9.15 Å². The number of hydrogen-bond donors (Lipinski definition) is 1. The molecule has 3 aromatic rings. The number of carbonyl (C=O) groups is 1. The van der Waals surface area contributed by atoms with Crippen LogP contribution in [0.25, 0.3) is 0 Å². The predicted molar refractivity (Wildman–Crippen MR) is 118 cm³/mol. The Kier molecular flexibility index (Phi) is 5.64. The van der Waals surface area contributed by atoms with Crippen LogP contribution < -0.4 is 9.75 Å². The van der Waals surface area contributed by atoms with Gasteiger partial charge in [-0.15, -0.1) is 0 Å². The maximum absolute atomic E-state index is 12.9. The molecule has 164 valence electrons. The molecule has 2 atom stereocenters. The number of benzene rings is 2. The molecule has 0 saturated carbocycles. The highest BCUT2D eigenvalue weighted by atomic mass is 16.5. The normalized spacial score (nSPS) is 18.7. The third kappa shape index (κ3) is 3.93. The molecule has 4 rings (SSSR count). The van der Waals surface area contributed by atoms with Gasteiger partial charge < -0.3 is 14.3 Å². The lowest BCUT2D eigenvalue weighted by atomic mass is 9.85. The number of hydrogen-bond acceptors (Lipinski definition) is 6. The molecule has 7 heteroatoms. The molecule has 0 unspecified atom stereocenters. The number of rotatable bonds is 5. The molecule has 1 amide bonds. The van der Waals surface area contributed by atoms with Gasteiger partial charge in [-0.2, -0.15) is 5.26 Å². The van der Waals surface area contributed by atoms with Crippen molar-refractivity contribution in [3.63, 3.8) is 0 Å². The van der Waals surface area contributed by atoms with Crippen LogP contribution in [-0.2, 0) is 11.3 Å². The molecule has 2 aromatic carbocycles. The summed E-state index contributed by atoms with van der Waals surface area (Å²) in [6, 6.07) is 19.5. The minimum Gasteiger partial charge on any atom is -0.485 e. The van der Waals surface area contributed by atoms with E-state index in [1.807, 2.05) is 30.3 Å². The first-order valence-electron chi connectivity index (χ1n) is 10.4. The van der Waals surface area contributed by atoms with E-state index in [0.717, 1.165) is 0 Å². The van der Waals surface area contributed by atoms with Crippen LogP contribution in [0, 0.1) is 11.3 Å². The molecule has 32 heavy (non-hydrogen) atoms. The van der Waals surface area contributed by atoms with Crippen LogP contribution in [-0.4, -0.2) is 27.7 Å². The Morgan fingerprint density at radius 1 is 1.16 bits per heavy atom. The van der Waals surface area contributed by atoms with Crippen LogP contribution in [0.5, 0.6) is 5.75 Å². The highest BCUT2D eigenvalue weighted by Crippen LogP contribution is 2.45. The average molecular weight is 431 g/mol. The zero-order valence-electron chi connectivity index (χ0n) is 18.2. The molecular weight excluding hydrogens is 406 g/mol. The standard InChI is InChI=1S/C25H25N3O4/c1-17(29)27(16-20-10-7-13-31-20)28(19-8-5-4-6-9-19)23-21-14-18(15-26)11-12-22(21)32-25(2,3)24(23)30/h4-14,23-24,30H,16H2,1-3H3/t23-,24+/m0/s1. The van der Waals surface area contributed by atoms with E-state index < -0.39 is 17.7 Å². The number of hydrazine groups is 1. The first-order chi connectivity index (χ1) is 15.3. The molecule has 0 spiro atoms. The minimum atomic E-state index is -1.01. The smallest absolute Gasteiger partial charge is 0.238 e. The molecule has 0 fully saturated rings. The van der Waals surface area contributed by atoms with E-state index in [0.29, 0.717) is 28.3 Å². The van der Waals surface area contributed by atoms with Gasteiger partial charge in [-0.05, 0) is 56.3 Å². The van der Waals surface area contributed by atoms with Crippen LogP contribution in [0.3, 0.4) is 0 Å². The monoisotopic (exact) mass is 431 g/mol. The van der Waals surface area contributed by atoms with E-state index in [2.05, 4.69) is 6.07 Å². The van der Waals surface area contributed by atoms with Gasteiger partial charge in [0.2, 0.25) is 5.91 Å². The summed E-state index contributed by atoms with van der Waals surface area (Å²) in [5, 5.41) is 24.3. The van der Waals surface area contributed by atoms with Gasteiger partial charge in [0.1, 0.15) is 35.8 Å². The van der Waals surface area contributed by atoms with Crippen LogP contribution >= 0.6 is 0 Å². The second-order valence-electron chi connectivity index (χ2n) is 8.30. The molecule has 7 nitrogen and oxygen atoms in total. The Morgan fingerprint density at radius 2 is 1.91 bits per heavy atom. The van der Waals surface area contributed by atoms with Gasteiger partial charge >= 0.3 is 0 Å². The van der Waals surface area contributed by atoms with E-state index in [9.17, 15) is 15.2 Å². The quantitative estimate of drug-likeness (QED) is 0.609. The van der Waals surface area contributed by atoms with Gasteiger partial charge in [-0.1, -0.05) is 18.2 Å². The van der Waals surface area contributed by atoms with Crippen LogP contribution in [0.4, 0.5) is 5.69 Å². The number of aliphatic hydroxyl groups excluding tert-OH is 1. The zero-order valence-corrected chi connectivity index (χ0v) is 18.2. The second-order valence-corrected chi connectivity index (χ2v) is 8.30. The summed E-state index contributed by atoms with van der Waals surface area (Å²) in [5.41, 5.74) is 0.846. The van der Waals surface area contributed by atoms with Crippen molar-refractivity contribution in [1.82, 2.24) is 5.01 Å². The van der Waals surface area contributed by atoms with Crippen molar-refractivity contribution in [2.45, 2.75) is 45.1 Å². The Bertz CT molecular complexity index is 1140. The molecule has 0 radical (unpaired) electrons. The number of para-hydroxylation sites is 1. The van der Waals surface area contributed by atoms with Gasteiger partial charge in [0, 0.05) is 12.5 Å². The van der Waals surface area contributed by atoms with Gasteiger partial charge in [0.05, 0.1) is 23.6 Å². The Balaban J connectivity index is 1.92. The SMILES string of the molecule is CC(=O)N(Cc1ccco1)N(c1ccccc1)[C@H]1c2cc(C#N)ccc2OC(C)(C)[C@@H]1O. The lowest BCUT2D eigenvalue weighted by Crippen LogP contribution is -2.58. The van der Waals surface area contributed by atoms with Gasteiger partial charge in [-0.25, -0.2) is 5.01 Å². The van der Waals surface area contributed by atoms with Crippen molar-refractivity contribution >= 4 is 11.6 Å². The van der Waals surface area contributed by atoms with Crippen LogP contribution in [0.2, 0.25) is 0 Å². The second kappa shape index (κ2) is 8.40. The van der Waals surface area contributed by atoms with Crippen molar-refractivity contribution in [1.29, 1.82) is 5.26 Å². The topological polar surface area (TPSA) is 89.9 Å². The van der Waals surface area contributed by atoms with Crippen LogP contribution in [0.15, 0.2) is 71.3 Å². The Morgan fingerprint density at radius 3 is 2.53 bits per heavy atom. The molecule has 1 aliphatic heterocycles. The molecule has 0 bridgehead atoms. The number of amides is 1. The number of nitrogens with zero attached hydrogens (tertiary/aromatic N) is 3. The van der Waals surface area contributed by atoms with Crippen molar-refractivity contribution in [3.05, 3.63) is 83.8 Å². The zero-order chi connectivity index (χ0) is 22.9. The Labute approximate surface area is 187 Å². The lowest BCUT2D eigenvalue weighted by Gasteiger charge is -2.49. The largest absolute Gasteiger partial charge is 0.485 e. The van der Waals surface area contributed by atoms with Crippen molar-refractivity contribution < 1.29 is 19.1 Å². The van der Waals surface area contributed by atoms with E-state index in [1.165, 1.54) is 6.92 Å². The maximum Gasteiger partial charge on any atom is 0.238 e. The van der Waals surface area contributed by atoms with Gasteiger partial charge in [0.15, 0.2) is 0 Å². The van der Waals surface area contributed by atoms with Gasteiger partial charge in [-0.3, -0.25) is 9.80 Å². The highest BCUT2D eigenvalue weighted by Gasteiger charge is 2.47. The fourth-order valence-corrected chi connectivity index (χ4v) is 4.02. The third-order valence-corrected chi connectivity index (χ3v) is 5.64. The van der Waals surface area contributed by atoms with Gasteiger partial charge in [0.25, 0.3) is 0 Å². The Hall–Kier alpha value is -3.76. The highest BCUT2D eigenvalue weighted by molar-refractivity contribution is 5.76. The molecule has 0 saturated heterocycles. The predicted octanol–water partition coefficient (Wildman–Crippen LogP) is 4.19. The summed E-state index contributed by atoms with van der Waals surface area (Å²) >= 11 is 0. The van der Waals surface area contributed by atoms with E-state index in [1.54, 1.807) is 60.5 Å². The molecule has 1 aromatic heterocycles. The molecule has 2 heterocycles. The van der Waals surface area contributed by atoms with Crippen molar-refractivity contribution in [3.8, 4) is 11.8 Å². The molecular formula is C25H25N3O4. The minimum absolute atomic E-state index is 0.176. The average Bonchev–Trinajstić information content (AvgIpc) is 3.29. The number of nitriles is 1. The summed E-state index contributed by atoms with van der Waals surface area (Å²) in [7, 11) is 0. The third-order valence-electron chi connectivity index (χ3n) is 5.64. The summed E-state index contributed by atoms with van der Waals surface area (Å²) in [5.74, 6) is 0.944. The molecule has 1 aliphatic rings. The van der Waals surface area contributed by atoms with Crippen LogP contribution in [0.1, 0.15) is 43.7 Å². The summed E-state index contributed by atoms with van der Waals surface area (Å²) < 4.78 is 11.6. The maximum atomic E-state index is 12.9. The lowest BCUT2D eigenvalue weighted by molar-refractivity contribution is -0.133. The van der Waals surface area contributed by atoms with E-state index in [-0.39, 0.29) is 12.5 Å². The fourth-order valence-electron chi connectivity index (χ4n) is 4.02. The van der Waals surface area contributed by atoms with E-state index >= 15 is 0 Å². The number of anilines is 1. The first kappa shape index (κ1) is 21.5. The number of ether oxygens (including phenoxy) is 1. The number of carbonyl (C=O) groups excluding carboxylic acids is 1. The number of aliphatic hydroxyl groups is 1. The van der Waals surface area contributed by atoms with Crippen molar-refractivity contribution in [2.24, 2.45) is 0 Å². The van der Waals surface area contributed by atoms with Crippen molar-refractivity contribution in [2.75, 3.05) is 5.01 Å². The number of furan rings is 1. The summed E-state index contributed by atoms with van der Waals surface area (Å²) in [6.45, 7) is 5.26. The molecule has 1 N–H and O–H groups in total. The first-order valence-corrected chi connectivity index (χ1v) is 10.4. The fraction of sp³-hybridized carbons (Fsp3) is 0.280. The molecule has 0 aliphatic carbocycles.